The van der Waals surface area contributed by atoms with Gasteiger partial charge in [-0.1, -0.05) is 32.1 Å². The van der Waals surface area contributed by atoms with Crippen LogP contribution in [0.4, 0.5) is 0 Å². The highest BCUT2D eigenvalue weighted by Gasteiger charge is 2.50. The van der Waals surface area contributed by atoms with Crippen molar-refractivity contribution in [1.82, 2.24) is 5.32 Å². The summed E-state index contributed by atoms with van der Waals surface area (Å²) in [6.07, 6.45) is 4.27. The molecule has 0 spiro atoms. The average Bonchev–Trinajstić information content (AvgIpc) is 2.68. The normalized spacial score (nSPS) is 28.9. The maximum Gasteiger partial charge on any atom is 0.161 e. The molecule has 2 bridgehead atoms. The van der Waals surface area contributed by atoms with Gasteiger partial charge in [0.1, 0.15) is 12.7 Å². The minimum Gasteiger partial charge on any atom is -0.486 e. The number of aliphatic hydroxyl groups excluding tert-OH is 1. The summed E-state index contributed by atoms with van der Waals surface area (Å²) in [6.45, 7) is 7.37. The van der Waals surface area contributed by atoms with Crippen LogP contribution < -0.4 is 14.8 Å². The summed E-state index contributed by atoms with van der Waals surface area (Å²) in [6, 6.07) is 7.69. The zero-order valence-electron chi connectivity index (χ0n) is 16.3. The number of aliphatic hydroxyl groups is 1. The minimum atomic E-state index is -0.520. The number of fused-ring (bicyclic) bond motifs is 2. The number of para-hydroxylation sites is 2. The first-order valence-corrected chi connectivity index (χ1v) is 10.1. The topological polar surface area (TPSA) is 60.0 Å². The van der Waals surface area contributed by atoms with Gasteiger partial charge in [0.25, 0.3) is 0 Å². The van der Waals surface area contributed by atoms with Gasteiger partial charge in [-0.3, -0.25) is 0 Å². The monoisotopic (exact) mass is 373 g/mol. The molecule has 27 heavy (non-hydrogen) atoms. The molecular weight excluding hydrogens is 342 g/mol. The number of benzene rings is 1. The third-order valence-electron chi connectivity index (χ3n) is 6.48. The second-order valence-corrected chi connectivity index (χ2v) is 8.65. The van der Waals surface area contributed by atoms with E-state index in [9.17, 15) is 5.11 Å². The fraction of sp³-hybridized carbons (Fsp3) is 0.636. The van der Waals surface area contributed by atoms with E-state index in [1.54, 1.807) is 0 Å². The Morgan fingerprint density at radius 1 is 1.30 bits per heavy atom. The molecule has 0 unspecified atom stereocenters. The number of hydrogen-bond donors (Lipinski definition) is 2. The van der Waals surface area contributed by atoms with Crippen molar-refractivity contribution in [3.05, 3.63) is 35.9 Å². The third kappa shape index (κ3) is 4.00. The zero-order valence-corrected chi connectivity index (χ0v) is 16.3. The molecule has 0 saturated heterocycles. The van der Waals surface area contributed by atoms with Crippen molar-refractivity contribution in [2.75, 3.05) is 32.9 Å². The van der Waals surface area contributed by atoms with E-state index in [1.165, 1.54) is 18.4 Å². The first-order chi connectivity index (χ1) is 13.0. The van der Waals surface area contributed by atoms with Crippen LogP contribution in [0, 0.1) is 17.3 Å². The van der Waals surface area contributed by atoms with E-state index in [-0.39, 0.29) is 6.10 Å². The van der Waals surface area contributed by atoms with Gasteiger partial charge < -0.3 is 24.6 Å². The maximum absolute atomic E-state index is 10.2. The molecule has 2 N–H and O–H groups in total. The SMILES string of the molecule is CC1(C)[C@H]2CC=C(COC[C@@H](O)CNC[C@@H]3COc4ccccc4O3)[C@H]1C2. The Labute approximate surface area is 161 Å². The summed E-state index contributed by atoms with van der Waals surface area (Å²) in [5, 5.41) is 13.4. The highest BCUT2D eigenvalue weighted by molar-refractivity contribution is 5.40. The van der Waals surface area contributed by atoms with Crippen molar-refractivity contribution >= 4 is 0 Å². The van der Waals surface area contributed by atoms with Crippen molar-refractivity contribution in [2.24, 2.45) is 17.3 Å². The van der Waals surface area contributed by atoms with E-state index in [4.69, 9.17) is 14.2 Å². The van der Waals surface area contributed by atoms with Crippen molar-refractivity contribution < 1.29 is 19.3 Å². The minimum absolute atomic E-state index is 0.0470. The number of allylic oxidation sites excluding steroid dienone is 1. The third-order valence-corrected chi connectivity index (χ3v) is 6.48. The molecule has 0 radical (unpaired) electrons. The van der Waals surface area contributed by atoms with Crippen molar-refractivity contribution in [3.63, 3.8) is 0 Å². The Hall–Kier alpha value is -1.56. The predicted molar refractivity (Wildman–Crippen MR) is 104 cm³/mol. The lowest BCUT2D eigenvalue weighted by molar-refractivity contribution is -0.0237. The van der Waals surface area contributed by atoms with Gasteiger partial charge in [-0.25, -0.2) is 0 Å². The maximum atomic E-state index is 10.2. The molecule has 5 heteroatoms. The van der Waals surface area contributed by atoms with Crippen LogP contribution in [0.25, 0.3) is 0 Å². The quantitative estimate of drug-likeness (QED) is 0.686. The standard InChI is InChI=1S/C22H31NO4/c1-22(2)16-8-7-15(19(22)9-16)12-25-13-17(24)10-23-11-18-14-26-20-5-3-4-6-21(20)27-18/h3-7,16-19,23-24H,8-14H2,1-2H3/t16-,17-,18+,19+/m0/s1. The first-order valence-electron chi connectivity index (χ1n) is 10.1. The van der Waals surface area contributed by atoms with Gasteiger partial charge in [0.2, 0.25) is 0 Å². The summed E-state index contributed by atoms with van der Waals surface area (Å²) in [5.41, 5.74) is 1.85. The predicted octanol–water partition coefficient (Wildman–Crippen LogP) is 2.79. The fourth-order valence-corrected chi connectivity index (χ4v) is 4.59. The van der Waals surface area contributed by atoms with Crippen LogP contribution in [-0.4, -0.2) is 50.2 Å². The summed E-state index contributed by atoms with van der Waals surface area (Å²) < 4.78 is 17.4. The van der Waals surface area contributed by atoms with Crippen LogP contribution in [0.2, 0.25) is 0 Å². The van der Waals surface area contributed by atoms with Gasteiger partial charge >= 0.3 is 0 Å². The second kappa shape index (κ2) is 7.82. The summed E-state index contributed by atoms with van der Waals surface area (Å²) >= 11 is 0. The Morgan fingerprint density at radius 2 is 2.11 bits per heavy atom. The molecule has 1 saturated carbocycles. The van der Waals surface area contributed by atoms with Gasteiger partial charge in [-0.15, -0.1) is 0 Å². The van der Waals surface area contributed by atoms with E-state index in [0.717, 1.165) is 17.4 Å². The fourth-order valence-electron chi connectivity index (χ4n) is 4.59. The smallest absolute Gasteiger partial charge is 0.161 e. The van der Waals surface area contributed by atoms with E-state index >= 15 is 0 Å². The van der Waals surface area contributed by atoms with Crippen molar-refractivity contribution in [3.8, 4) is 11.5 Å². The Kier molecular flexibility index (Phi) is 5.44. The Morgan fingerprint density at radius 3 is 2.89 bits per heavy atom. The van der Waals surface area contributed by atoms with Gasteiger partial charge in [0.15, 0.2) is 11.5 Å². The van der Waals surface area contributed by atoms with Gasteiger partial charge in [-0.2, -0.15) is 0 Å². The molecule has 3 aliphatic carbocycles. The first kappa shape index (κ1) is 18.8. The summed E-state index contributed by atoms with van der Waals surface area (Å²) in [5.74, 6) is 3.08. The van der Waals surface area contributed by atoms with E-state index in [1.807, 2.05) is 24.3 Å². The molecule has 4 atom stereocenters. The highest BCUT2D eigenvalue weighted by atomic mass is 16.6. The molecule has 1 heterocycles. The number of hydrogen-bond acceptors (Lipinski definition) is 5. The van der Waals surface area contributed by atoms with Crippen LogP contribution >= 0.6 is 0 Å². The summed E-state index contributed by atoms with van der Waals surface area (Å²) in [4.78, 5) is 0. The molecule has 0 aromatic heterocycles. The molecule has 1 aliphatic heterocycles. The molecule has 1 fully saturated rings. The molecule has 148 valence electrons. The number of ether oxygens (including phenoxy) is 3. The molecule has 5 nitrogen and oxygen atoms in total. The van der Waals surface area contributed by atoms with Gasteiger partial charge in [-0.05, 0) is 47.8 Å². The molecule has 1 aromatic carbocycles. The van der Waals surface area contributed by atoms with E-state index in [2.05, 4.69) is 25.2 Å². The average molecular weight is 373 g/mol. The van der Waals surface area contributed by atoms with Gasteiger partial charge in [0, 0.05) is 13.1 Å². The summed E-state index contributed by atoms with van der Waals surface area (Å²) in [7, 11) is 0. The molecule has 4 aliphatic rings. The lowest BCUT2D eigenvalue weighted by Crippen LogP contribution is -2.48. The zero-order chi connectivity index (χ0) is 18.9. The van der Waals surface area contributed by atoms with Crippen LogP contribution in [-0.2, 0) is 4.74 Å². The molecule has 5 rings (SSSR count). The van der Waals surface area contributed by atoms with E-state index in [0.29, 0.717) is 44.2 Å². The van der Waals surface area contributed by atoms with Crippen LogP contribution in [0.3, 0.4) is 0 Å². The van der Waals surface area contributed by atoms with Crippen molar-refractivity contribution in [1.29, 1.82) is 0 Å². The lowest BCUT2D eigenvalue weighted by atomic mass is 9.49. The molecule has 0 amide bonds. The van der Waals surface area contributed by atoms with Crippen LogP contribution in [0.1, 0.15) is 26.7 Å². The largest absolute Gasteiger partial charge is 0.486 e. The lowest BCUT2D eigenvalue weighted by Gasteiger charge is -2.56. The van der Waals surface area contributed by atoms with Crippen LogP contribution in [0.15, 0.2) is 35.9 Å². The second-order valence-electron chi connectivity index (χ2n) is 8.65. The van der Waals surface area contributed by atoms with Crippen molar-refractivity contribution in [2.45, 2.75) is 38.9 Å². The Bertz CT molecular complexity index is 687. The van der Waals surface area contributed by atoms with Crippen LogP contribution in [0.5, 0.6) is 11.5 Å². The molecular formula is C22H31NO4. The Balaban J connectivity index is 1.12. The number of nitrogens with one attached hydrogen (secondary N) is 1. The molecule has 1 aromatic rings. The number of rotatable bonds is 8. The van der Waals surface area contributed by atoms with E-state index < -0.39 is 6.10 Å². The van der Waals surface area contributed by atoms with Gasteiger partial charge in [0.05, 0.1) is 19.3 Å². The highest BCUT2D eigenvalue weighted by Crippen LogP contribution is 2.59.